The van der Waals surface area contributed by atoms with E-state index >= 15 is 0 Å². The highest BCUT2D eigenvalue weighted by Crippen LogP contribution is 2.35. The molecule has 1 unspecified atom stereocenters. The third kappa shape index (κ3) is 2.75. The Morgan fingerprint density at radius 3 is 2.67 bits per heavy atom. The van der Waals surface area contributed by atoms with Gasteiger partial charge in [0, 0.05) is 12.5 Å². The van der Waals surface area contributed by atoms with Crippen molar-refractivity contribution in [3.8, 4) is 0 Å². The molecule has 0 saturated carbocycles. The Hall–Kier alpha value is -1.29. The quantitative estimate of drug-likeness (QED) is 0.624. The van der Waals surface area contributed by atoms with Crippen LogP contribution in [-0.2, 0) is 4.74 Å². The molecule has 1 aromatic carbocycles. The minimum absolute atomic E-state index is 0.0179. The van der Waals surface area contributed by atoms with Gasteiger partial charge < -0.3 is 4.74 Å². The summed E-state index contributed by atoms with van der Waals surface area (Å²) in [5.41, 5.74) is 1.17. The SMILES string of the molecule is Fc1c(N=C=S)cc(N=C=S)cc1C1CCOC1. The lowest BCUT2D eigenvalue weighted by Crippen LogP contribution is -2.01. The first-order valence-corrected chi connectivity index (χ1v) is 6.15. The van der Waals surface area contributed by atoms with E-state index in [0.29, 0.717) is 24.5 Å². The van der Waals surface area contributed by atoms with E-state index in [1.54, 1.807) is 6.07 Å². The molecule has 18 heavy (non-hydrogen) atoms. The van der Waals surface area contributed by atoms with Gasteiger partial charge >= 0.3 is 0 Å². The number of thiocarbonyl (C=S) groups is 2. The Bertz CT molecular complexity index is 557. The third-order valence-electron chi connectivity index (χ3n) is 2.78. The maximum absolute atomic E-state index is 14.2. The van der Waals surface area contributed by atoms with Crippen molar-refractivity contribution < 1.29 is 9.13 Å². The Morgan fingerprint density at radius 2 is 2.06 bits per heavy atom. The first kappa shape index (κ1) is 13.1. The van der Waals surface area contributed by atoms with Crippen molar-refractivity contribution >= 4 is 46.1 Å². The highest BCUT2D eigenvalue weighted by Gasteiger charge is 2.23. The fourth-order valence-corrected chi connectivity index (χ4v) is 2.14. The molecule has 6 heteroatoms. The maximum Gasteiger partial charge on any atom is 0.153 e. The monoisotopic (exact) mass is 280 g/mol. The molecule has 1 aliphatic heterocycles. The first-order valence-electron chi connectivity index (χ1n) is 5.33. The minimum atomic E-state index is -0.397. The highest BCUT2D eigenvalue weighted by atomic mass is 32.1. The molecule has 3 nitrogen and oxygen atoms in total. The smallest absolute Gasteiger partial charge is 0.153 e. The lowest BCUT2D eigenvalue weighted by Gasteiger charge is -2.11. The van der Waals surface area contributed by atoms with Crippen LogP contribution in [0.5, 0.6) is 0 Å². The molecule has 0 radical (unpaired) electrons. The molecular formula is C12H9FN2OS2. The van der Waals surface area contributed by atoms with E-state index in [9.17, 15) is 4.39 Å². The average Bonchev–Trinajstić information content (AvgIpc) is 2.87. The van der Waals surface area contributed by atoms with Crippen LogP contribution in [0.25, 0.3) is 0 Å². The van der Waals surface area contributed by atoms with Gasteiger partial charge in [-0.25, -0.2) is 4.39 Å². The van der Waals surface area contributed by atoms with Gasteiger partial charge in [0.2, 0.25) is 0 Å². The van der Waals surface area contributed by atoms with Gasteiger partial charge in [-0.2, -0.15) is 9.98 Å². The fourth-order valence-electron chi connectivity index (χ4n) is 1.94. The number of hydrogen-bond acceptors (Lipinski definition) is 5. The van der Waals surface area contributed by atoms with E-state index in [4.69, 9.17) is 4.74 Å². The molecule has 1 saturated heterocycles. The lowest BCUT2D eigenvalue weighted by molar-refractivity contribution is 0.193. The van der Waals surface area contributed by atoms with E-state index in [1.165, 1.54) is 6.07 Å². The average molecular weight is 280 g/mol. The van der Waals surface area contributed by atoms with Gasteiger partial charge in [-0.3, -0.25) is 0 Å². The molecule has 1 aliphatic rings. The Kier molecular flexibility index (Phi) is 4.42. The summed E-state index contributed by atoms with van der Waals surface area (Å²) in [5, 5.41) is 4.42. The highest BCUT2D eigenvalue weighted by molar-refractivity contribution is 7.78. The lowest BCUT2D eigenvalue weighted by atomic mass is 9.96. The molecule has 0 aliphatic carbocycles. The normalized spacial score (nSPS) is 17.9. The van der Waals surface area contributed by atoms with Gasteiger partial charge in [-0.1, -0.05) is 0 Å². The van der Waals surface area contributed by atoms with Crippen LogP contribution < -0.4 is 0 Å². The van der Waals surface area contributed by atoms with Crippen molar-refractivity contribution in [2.24, 2.45) is 9.98 Å². The van der Waals surface area contributed by atoms with Crippen LogP contribution in [0.1, 0.15) is 17.9 Å². The molecule has 0 N–H and O–H groups in total. The zero-order valence-electron chi connectivity index (χ0n) is 9.35. The molecule has 92 valence electrons. The van der Waals surface area contributed by atoms with Crippen molar-refractivity contribution in [3.63, 3.8) is 0 Å². The number of ether oxygens (including phenoxy) is 1. The van der Waals surface area contributed by atoms with E-state index in [-0.39, 0.29) is 11.6 Å². The summed E-state index contributed by atoms with van der Waals surface area (Å²) in [6, 6.07) is 3.11. The largest absolute Gasteiger partial charge is 0.381 e. The second kappa shape index (κ2) is 6.05. The molecule has 1 atom stereocenters. The number of halogens is 1. The topological polar surface area (TPSA) is 34.0 Å². The predicted molar refractivity (Wildman–Crippen MR) is 73.9 cm³/mol. The summed E-state index contributed by atoms with van der Waals surface area (Å²) < 4.78 is 19.5. The van der Waals surface area contributed by atoms with Crippen molar-refractivity contribution in [3.05, 3.63) is 23.5 Å². The minimum Gasteiger partial charge on any atom is -0.381 e. The summed E-state index contributed by atoms with van der Waals surface area (Å²) in [6.45, 7) is 1.14. The summed E-state index contributed by atoms with van der Waals surface area (Å²) >= 11 is 9.06. The second-order valence-corrected chi connectivity index (χ2v) is 4.20. The van der Waals surface area contributed by atoms with Gasteiger partial charge in [0.1, 0.15) is 5.69 Å². The molecule has 1 heterocycles. The summed E-state index contributed by atoms with van der Waals surface area (Å²) in [5.74, 6) is -0.379. The van der Waals surface area contributed by atoms with Crippen LogP contribution in [0, 0.1) is 5.82 Å². The van der Waals surface area contributed by atoms with Gasteiger partial charge in [-0.15, -0.1) is 0 Å². The zero-order chi connectivity index (χ0) is 13.0. The van der Waals surface area contributed by atoms with E-state index in [0.717, 1.165) is 6.42 Å². The van der Waals surface area contributed by atoms with Crippen molar-refractivity contribution in [1.82, 2.24) is 0 Å². The number of isothiocyanates is 2. The number of aliphatic imine (C=N–C) groups is 2. The molecule has 0 amide bonds. The molecule has 0 aromatic heterocycles. The number of nitrogens with zero attached hydrogens (tertiary/aromatic N) is 2. The standard InChI is InChI=1S/C12H9FN2OS2/c13-12-10(8-1-2-16-5-8)3-9(14-6-17)4-11(12)15-7-18/h3-4,8H,1-2,5H2. The van der Waals surface area contributed by atoms with E-state index in [1.807, 2.05) is 0 Å². The summed E-state index contributed by atoms with van der Waals surface area (Å²) in [7, 11) is 0. The third-order valence-corrected chi connectivity index (χ3v) is 2.96. The van der Waals surface area contributed by atoms with E-state index in [2.05, 4.69) is 44.7 Å². The molecule has 1 fully saturated rings. The van der Waals surface area contributed by atoms with Gasteiger partial charge in [0.05, 0.1) is 22.6 Å². The number of benzene rings is 1. The van der Waals surface area contributed by atoms with Crippen LogP contribution in [0.2, 0.25) is 0 Å². The molecule has 0 spiro atoms. The number of rotatable bonds is 3. The Balaban J connectivity index is 2.54. The van der Waals surface area contributed by atoms with Crippen molar-refractivity contribution in [1.29, 1.82) is 0 Å². The van der Waals surface area contributed by atoms with Crippen molar-refractivity contribution in [2.75, 3.05) is 13.2 Å². The Labute approximate surface area is 114 Å². The van der Waals surface area contributed by atoms with Crippen LogP contribution >= 0.6 is 24.4 Å². The molecular weight excluding hydrogens is 271 g/mol. The van der Waals surface area contributed by atoms with Crippen molar-refractivity contribution in [2.45, 2.75) is 12.3 Å². The summed E-state index contributed by atoms with van der Waals surface area (Å²) in [6.07, 6.45) is 0.780. The first-order chi connectivity index (χ1) is 8.76. The van der Waals surface area contributed by atoms with Gasteiger partial charge in [-0.05, 0) is 48.6 Å². The van der Waals surface area contributed by atoms with Crippen LogP contribution in [-0.4, -0.2) is 23.5 Å². The van der Waals surface area contributed by atoms with Gasteiger partial charge in [0.15, 0.2) is 5.82 Å². The van der Waals surface area contributed by atoms with Gasteiger partial charge in [0.25, 0.3) is 0 Å². The van der Waals surface area contributed by atoms with Crippen LogP contribution in [0.15, 0.2) is 22.1 Å². The van der Waals surface area contributed by atoms with E-state index < -0.39 is 5.82 Å². The van der Waals surface area contributed by atoms with Crippen LogP contribution in [0.4, 0.5) is 15.8 Å². The molecule has 1 aromatic rings. The zero-order valence-corrected chi connectivity index (χ0v) is 11.0. The predicted octanol–water partition coefficient (Wildman–Crippen LogP) is 3.80. The second-order valence-electron chi connectivity index (χ2n) is 3.83. The molecule has 0 bridgehead atoms. The number of hydrogen-bond donors (Lipinski definition) is 0. The maximum atomic E-state index is 14.2. The molecule has 2 rings (SSSR count). The fraction of sp³-hybridized carbons (Fsp3) is 0.333. The summed E-state index contributed by atoms with van der Waals surface area (Å²) in [4.78, 5) is 7.57. The van der Waals surface area contributed by atoms with Crippen LogP contribution in [0.3, 0.4) is 0 Å². The Morgan fingerprint density at radius 1 is 1.28 bits per heavy atom.